The van der Waals surface area contributed by atoms with Gasteiger partial charge in [0.05, 0.1) is 6.26 Å². The molecule has 10 heavy (non-hydrogen) atoms. The number of hydrogen-bond donors (Lipinski definition) is 1. The molecule has 0 aromatic rings. The molecule has 0 aliphatic carbocycles. The highest BCUT2D eigenvalue weighted by atomic mass is 16.5. The van der Waals surface area contributed by atoms with Crippen molar-refractivity contribution in [3.8, 4) is 0 Å². The Morgan fingerprint density at radius 1 is 1.60 bits per heavy atom. The number of aliphatic carboxylic acids is 1. The van der Waals surface area contributed by atoms with Crippen LogP contribution in [0, 0.1) is 0 Å². The number of carbonyl (C=O) groups is 2. The normalized spacial score (nSPS) is 9.70. The predicted molar refractivity (Wildman–Crippen MR) is 33.2 cm³/mol. The summed E-state index contributed by atoms with van der Waals surface area (Å²) in [7, 11) is 0. The van der Waals surface area contributed by atoms with E-state index in [4.69, 9.17) is 5.11 Å². The predicted octanol–water partition coefficient (Wildman–Crippen LogP) is 0.538. The molecule has 56 valence electrons. The van der Waals surface area contributed by atoms with E-state index < -0.39 is 18.4 Å². The largest absolute Gasteiger partial charge is 0.481 e. The Hall–Kier alpha value is -1.32. The van der Waals surface area contributed by atoms with Crippen LogP contribution >= 0.6 is 0 Å². The van der Waals surface area contributed by atoms with Gasteiger partial charge in [-0.05, 0) is 6.92 Å². The molecule has 0 rings (SSSR count). The lowest BCUT2D eigenvalue weighted by molar-refractivity contribution is -0.147. The molecule has 0 fully saturated rings. The second kappa shape index (κ2) is 4.55. The van der Waals surface area contributed by atoms with Gasteiger partial charge in [0, 0.05) is 0 Å². The molecule has 4 nitrogen and oxygen atoms in total. The summed E-state index contributed by atoms with van der Waals surface area (Å²) in [5, 5.41) is 8.06. The van der Waals surface area contributed by atoms with Crippen LogP contribution in [0.1, 0.15) is 13.3 Å². The SMILES string of the molecule is C/C=C\OC(=O)CC(=O)O. The summed E-state index contributed by atoms with van der Waals surface area (Å²) in [5.74, 6) is -1.94. The Kier molecular flexibility index (Phi) is 3.95. The first-order chi connectivity index (χ1) is 4.66. The maximum absolute atomic E-state index is 10.4. The number of rotatable bonds is 3. The highest BCUT2D eigenvalue weighted by Gasteiger charge is 2.06. The van der Waals surface area contributed by atoms with E-state index in [0.717, 1.165) is 6.26 Å². The molecule has 1 N–H and O–H groups in total. The highest BCUT2D eigenvalue weighted by Crippen LogP contribution is 1.86. The van der Waals surface area contributed by atoms with Crippen LogP contribution in [-0.4, -0.2) is 17.0 Å². The second-order valence-corrected chi connectivity index (χ2v) is 1.53. The first kappa shape index (κ1) is 8.68. The van der Waals surface area contributed by atoms with Crippen LogP contribution in [-0.2, 0) is 14.3 Å². The first-order valence-electron chi connectivity index (χ1n) is 2.69. The lowest BCUT2D eigenvalue weighted by Gasteiger charge is -1.92. The topological polar surface area (TPSA) is 63.6 Å². The summed E-state index contributed by atoms with van der Waals surface area (Å²) in [6.07, 6.45) is 2.05. The van der Waals surface area contributed by atoms with Crippen LogP contribution in [0.2, 0.25) is 0 Å². The molecule has 0 aliphatic heterocycles. The van der Waals surface area contributed by atoms with Gasteiger partial charge in [-0.3, -0.25) is 9.59 Å². The molecule has 4 heteroatoms. The summed E-state index contributed by atoms with van der Waals surface area (Å²) < 4.78 is 4.30. The third kappa shape index (κ3) is 4.83. The van der Waals surface area contributed by atoms with E-state index >= 15 is 0 Å². The van der Waals surface area contributed by atoms with E-state index in [9.17, 15) is 9.59 Å². The lowest BCUT2D eigenvalue weighted by Crippen LogP contribution is -2.07. The molecule has 0 saturated heterocycles. The fourth-order valence-electron chi connectivity index (χ4n) is 0.309. The molecule has 0 atom stereocenters. The Bertz CT molecular complexity index is 159. The quantitative estimate of drug-likeness (QED) is 0.356. The monoisotopic (exact) mass is 144 g/mol. The van der Waals surface area contributed by atoms with Crippen molar-refractivity contribution in [3.63, 3.8) is 0 Å². The molecular formula is C6H8O4. The van der Waals surface area contributed by atoms with Crippen LogP contribution in [0.4, 0.5) is 0 Å². The number of carboxylic acid groups (broad SMARTS) is 1. The van der Waals surface area contributed by atoms with Crippen molar-refractivity contribution in [2.24, 2.45) is 0 Å². The Balaban J connectivity index is 3.54. The van der Waals surface area contributed by atoms with Gasteiger partial charge >= 0.3 is 11.9 Å². The molecule has 0 spiro atoms. The van der Waals surface area contributed by atoms with Gasteiger partial charge in [-0.25, -0.2) is 0 Å². The van der Waals surface area contributed by atoms with E-state index in [1.54, 1.807) is 6.92 Å². The van der Waals surface area contributed by atoms with E-state index in [1.165, 1.54) is 6.08 Å². The summed E-state index contributed by atoms with van der Waals surface area (Å²) in [6.45, 7) is 1.66. The third-order valence-electron chi connectivity index (χ3n) is 0.631. The Morgan fingerprint density at radius 3 is 2.60 bits per heavy atom. The number of esters is 1. The van der Waals surface area contributed by atoms with Crippen LogP contribution in [0.25, 0.3) is 0 Å². The Labute approximate surface area is 58.1 Å². The van der Waals surface area contributed by atoms with Crippen molar-refractivity contribution in [1.29, 1.82) is 0 Å². The fourth-order valence-corrected chi connectivity index (χ4v) is 0.309. The number of hydrogen-bond acceptors (Lipinski definition) is 3. The molecule has 0 radical (unpaired) electrons. The first-order valence-corrected chi connectivity index (χ1v) is 2.69. The smallest absolute Gasteiger partial charge is 0.321 e. The summed E-state index contributed by atoms with van der Waals surface area (Å²) >= 11 is 0. The lowest BCUT2D eigenvalue weighted by atomic mass is 10.4. The summed E-state index contributed by atoms with van der Waals surface area (Å²) in [5.41, 5.74) is 0. The third-order valence-corrected chi connectivity index (χ3v) is 0.631. The van der Waals surface area contributed by atoms with Crippen LogP contribution in [0.5, 0.6) is 0 Å². The Morgan fingerprint density at radius 2 is 2.20 bits per heavy atom. The molecule has 0 bridgehead atoms. The van der Waals surface area contributed by atoms with E-state index in [2.05, 4.69) is 4.74 Å². The molecule has 0 amide bonds. The van der Waals surface area contributed by atoms with E-state index in [1.807, 2.05) is 0 Å². The second-order valence-electron chi connectivity index (χ2n) is 1.53. The molecule has 0 aliphatic rings. The van der Waals surface area contributed by atoms with Gasteiger partial charge in [-0.1, -0.05) is 6.08 Å². The van der Waals surface area contributed by atoms with Gasteiger partial charge in [0.2, 0.25) is 0 Å². The standard InChI is InChI=1S/C6H8O4/c1-2-3-10-6(9)4-5(7)8/h2-3H,4H2,1H3,(H,7,8)/b3-2-. The molecule has 0 heterocycles. The van der Waals surface area contributed by atoms with Gasteiger partial charge in [0.25, 0.3) is 0 Å². The van der Waals surface area contributed by atoms with E-state index in [0.29, 0.717) is 0 Å². The van der Waals surface area contributed by atoms with Gasteiger partial charge in [0.1, 0.15) is 6.42 Å². The summed E-state index contributed by atoms with van der Waals surface area (Å²) in [4.78, 5) is 20.2. The molecule has 0 aromatic heterocycles. The minimum Gasteiger partial charge on any atom is -0.481 e. The minimum atomic E-state index is -1.19. The zero-order valence-electron chi connectivity index (χ0n) is 5.53. The highest BCUT2D eigenvalue weighted by molar-refractivity contribution is 5.90. The molecule has 0 saturated carbocycles. The van der Waals surface area contributed by atoms with Gasteiger partial charge < -0.3 is 9.84 Å². The van der Waals surface area contributed by atoms with E-state index in [-0.39, 0.29) is 0 Å². The van der Waals surface area contributed by atoms with Crippen molar-refractivity contribution in [3.05, 3.63) is 12.3 Å². The minimum absolute atomic E-state index is 0.593. The van der Waals surface area contributed by atoms with Crippen molar-refractivity contribution in [2.45, 2.75) is 13.3 Å². The average molecular weight is 144 g/mol. The number of carbonyl (C=O) groups excluding carboxylic acids is 1. The fraction of sp³-hybridized carbons (Fsp3) is 0.333. The van der Waals surface area contributed by atoms with Crippen LogP contribution in [0.3, 0.4) is 0 Å². The molecular weight excluding hydrogens is 136 g/mol. The number of allylic oxidation sites excluding steroid dienone is 1. The zero-order valence-corrected chi connectivity index (χ0v) is 5.53. The number of carboxylic acids is 1. The van der Waals surface area contributed by atoms with Crippen molar-refractivity contribution in [1.82, 2.24) is 0 Å². The zero-order chi connectivity index (χ0) is 7.98. The molecule has 0 aromatic carbocycles. The maximum atomic E-state index is 10.4. The molecule has 0 unspecified atom stereocenters. The van der Waals surface area contributed by atoms with Crippen LogP contribution in [0.15, 0.2) is 12.3 Å². The van der Waals surface area contributed by atoms with Gasteiger partial charge in [-0.15, -0.1) is 0 Å². The van der Waals surface area contributed by atoms with Gasteiger partial charge in [-0.2, -0.15) is 0 Å². The van der Waals surface area contributed by atoms with Crippen molar-refractivity contribution < 1.29 is 19.4 Å². The maximum Gasteiger partial charge on any atom is 0.321 e. The van der Waals surface area contributed by atoms with Crippen LogP contribution < -0.4 is 0 Å². The summed E-state index contributed by atoms with van der Waals surface area (Å²) in [6, 6.07) is 0. The van der Waals surface area contributed by atoms with Crippen molar-refractivity contribution in [2.75, 3.05) is 0 Å². The van der Waals surface area contributed by atoms with Crippen molar-refractivity contribution >= 4 is 11.9 Å². The van der Waals surface area contributed by atoms with Gasteiger partial charge in [0.15, 0.2) is 0 Å². The average Bonchev–Trinajstić information content (AvgIpc) is 1.82. The number of ether oxygens (including phenoxy) is 1.